The topological polar surface area (TPSA) is 44.1 Å². The first-order valence-electron chi connectivity index (χ1n) is 9.54. The summed E-state index contributed by atoms with van der Waals surface area (Å²) in [4.78, 5) is 16.0. The van der Waals surface area contributed by atoms with Gasteiger partial charge in [-0.05, 0) is 23.6 Å². The Morgan fingerprint density at radius 3 is 1.59 bits per heavy atom. The molecule has 1 heterocycles. The fourth-order valence-electron chi connectivity index (χ4n) is 3.94. The number of carbonyl (C=O) groups excluding carboxylic acids is 1. The van der Waals surface area contributed by atoms with Crippen LogP contribution in [0.2, 0.25) is 0 Å². The van der Waals surface area contributed by atoms with Crippen molar-refractivity contribution in [2.75, 3.05) is 0 Å². The molecule has 0 atom stereocenters. The van der Waals surface area contributed by atoms with E-state index in [0.717, 1.165) is 22.5 Å². The van der Waals surface area contributed by atoms with E-state index in [9.17, 15) is 4.79 Å². The number of ether oxygens (including phenoxy) is 1. The summed E-state index contributed by atoms with van der Waals surface area (Å²) in [5.74, 6) is 0.652. The van der Waals surface area contributed by atoms with E-state index in [1.54, 1.807) is 0 Å². The Balaban J connectivity index is 2.09. The zero-order chi connectivity index (χ0) is 20.3. The van der Waals surface area contributed by atoms with Crippen molar-refractivity contribution in [3.05, 3.63) is 120 Å². The van der Waals surface area contributed by atoms with Crippen LogP contribution in [0.15, 0.2) is 97.2 Å². The Hall–Kier alpha value is -3.66. The Morgan fingerprint density at radius 2 is 1.21 bits per heavy atom. The van der Waals surface area contributed by atoms with Crippen molar-refractivity contribution < 1.29 is 9.53 Å². The molecule has 1 aromatic heterocycles. The third kappa shape index (κ3) is 3.34. The van der Waals surface area contributed by atoms with E-state index in [0.29, 0.717) is 5.88 Å². The van der Waals surface area contributed by atoms with Crippen LogP contribution >= 0.6 is 0 Å². The lowest BCUT2D eigenvalue weighted by Crippen LogP contribution is -2.38. The molecule has 0 spiro atoms. The van der Waals surface area contributed by atoms with Gasteiger partial charge in [0, 0.05) is 6.92 Å². The molecule has 4 nitrogen and oxygen atoms in total. The van der Waals surface area contributed by atoms with Crippen molar-refractivity contribution in [3.8, 4) is 5.88 Å². The van der Waals surface area contributed by atoms with Crippen molar-refractivity contribution >= 4 is 5.97 Å². The van der Waals surface area contributed by atoms with E-state index in [4.69, 9.17) is 4.74 Å². The lowest BCUT2D eigenvalue weighted by molar-refractivity contribution is -0.132. The predicted molar refractivity (Wildman–Crippen MR) is 113 cm³/mol. The molecule has 0 N–H and O–H groups in total. The summed E-state index contributed by atoms with van der Waals surface area (Å²) in [6.07, 6.45) is 1.81. The van der Waals surface area contributed by atoms with Gasteiger partial charge in [-0.1, -0.05) is 91.0 Å². The summed E-state index contributed by atoms with van der Waals surface area (Å²) in [6, 6.07) is 30.9. The zero-order valence-corrected chi connectivity index (χ0v) is 16.4. The van der Waals surface area contributed by atoms with Crippen molar-refractivity contribution in [1.29, 1.82) is 0 Å². The Labute approximate surface area is 170 Å². The SMILES string of the molecule is CC(=O)Oc1cn(C(c2ccccc2)(c2ccccc2)c2ccccc2)c(C)n1. The lowest BCUT2D eigenvalue weighted by Gasteiger charge is -2.38. The van der Waals surface area contributed by atoms with Crippen LogP contribution in [0.1, 0.15) is 29.4 Å². The molecule has 0 radical (unpaired) electrons. The molecule has 0 amide bonds. The van der Waals surface area contributed by atoms with Gasteiger partial charge in [0.2, 0.25) is 5.88 Å². The van der Waals surface area contributed by atoms with Gasteiger partial charge >= 0.3 is 5.97 Å². The van der Waals surface area contributed by atoms with Crippen LogP contribution in [0.3, 0.4) is 0 Å². The van der Waals surface area contributed by atoms with Crippen molar-refractivity contribution in [2.45, 2.75) is 19.4 Å². The summed E-state index contributed by atoms with van der Waals surface area (Å²) < 4.78 is 7.40. The number of imidazole rings is 1. The van der Waals surface area contributed by atoms with Gasteiger partial charge in [0.05, 0.1) is 6.20 Å². The lowest BCUT2D eigenvalue weighted by atomic mass is 9.76. The summed E-state index contributed by atoms with van der Waals surface area (Å²) in [7, 11) is 0. The smallest absolute Gasteiger partial charge is 0.309 e. The molecular formula is C25H22N2O2. The second kappa shape index (κ2) is 7.76. The number of aryl methyl sites for hydroxylation is 1. The minimum absolute atomic E-state index is 0.294. The van der Waals surface area contributed by atoms with Crippen LogP contribution in [0.4, 0.5) is 0 Å². The molecule has 0 aliphatic heterocycles. The van der Waals surface area contributed by atoms with Crippen LogP contribution in [-0.4, -0.2) is 15.5 Å². The van der Waals surface area contributed by atoms with Gasteiger partial charge in [-0.2, -0.15) is 4.98 Å². The van der Waals surface area contributed by atoms with Crippen molar-refractivity contribution in [2.24, 2.45) is 0 Å². The normalized spacial score (nSPS) is 11.2. The highest BCUT2D eigenvalue weighted by atomic mass is 16.5. The molecule has 0 aliphatic rings. The molecule has 0 bridgehead atoms. The van der Waals surface area contributed by atoms with Crippen LogP contribution in [-0.2, 0) is 10.3 Å². The maximum absolute atomic E-state index is 11.5. The number of aromatic nitrogens is 2. The molecule has 144 valence electrons. The molecule has 4 heteroatoms. The maximum atomic E-state index is 11.5. The highest BCUT2D eigenvalue weighted by Gasteiger charge is 2.39. The highest BCUT2D eigenvalue weighted by Crippen LogP contribution is 2.42. The van der Waals surface area contributed by atoms with Gasteiger partial charge < -0.3 is 9.30 Å². The van der Waals surface area contributed by atoms with E-state index in [1.807, 2.05) is 67.7 Å². The van der Waals surface area contributed by atoms with Crippen LogP contribution in [0.25, 0.3) is 0 Å². The summed E-state index contributed by atoms with van der Waals surface area (Å²) in [5.41, 5.74) is 2.60. The third-order valence-electron chi connectivity index (χ3n) is 5.04. The van der Waals surface area contributed by atoms with Crippen molar-refractivity contribution in [1.82, 2.24) is 9.55 Å². The largest absolute Gasteiger partial charge is 0.406 e. The zero-order valence-electron chi connectivity index (χ0n) is 16.4. The third-order valence-corrected chi connectivity index (χ3v) is 5.04. The number of nitrogens with zero attached hydrogens (tertiary/aromatic N) is 2. The average Bonchev–Trinajstić information content (AvgIpc) is 3.10. The molecule has 4 rings (SSSR count). The molecule has 29 heavy (non-hydrogen) atoms. The van der Waals surface area contributed by atoms with Crippen LogP contribution in [0, 0.1) is 6.92 Å². The van der Waals surface area contributed by atoms with E-state index in [2.05, 4.69) is 45.9 Å². The van der Waals surface area contributed by atoms with Gasteiger partial charge in [0.25, 0.3) is 0 Å². The van der Waals surface area contributed by atoms with Crippen molar-refractivity contribution in [3.63, 3.8) is 0 Å². The molecule has 3 aromatic carbocycles. The fraction of sp³-hybridized carbons (Fsp3) is 0.120. The summed E-state index contributed by atoms with van der Waals surface area (Å²) >= 11 is 0. The second-order valence-electron chi connectivity index (χ2n) is 6.90. The van der Waals surface area contributed by atoms with Crippen LogP contribution in [0.5, 0.6) is 5.88 Å². The Bertz CT molecular complexity index is 1010. The predicted octanol–water partition coefficient (Wildman–Crippen LogP) is 4.96. The number of benzene rings is 3. The van der Waals surface area contributed by atoms with Gasteiger partial charge in [-0.15, -0.1) is 0 Å². The Morgan fingerprint density at radius 1 is 0.793 bits per heavy atom. The monoisotopic (exact) mass is 382 g/mol. The number of rotatable bonds is 5. The molecule has 0 saturated heterocycles. The fourth-order valence-corrected chi connectivity index (χ4v) is 3.94. The van der Waals surface area contributed by atoms with Gasteiger partial charge in [-0.3, -0.25) is 4.79 Å². The highest BCUT2D eigenvalue weighted by molar-refractivity contribution is 5.68. The number of esters is 1. The average molecular weight is 382 g/mol. The molecule has 4 aromatic rings. The molecule has 0 fully saturated rings. The number of hydrogen-bond acceptors (Lipinski definition) is 3. The van der Waals surface area contributed by atoms with E-state index < -0.39 is 5.54 Å². The van der Waals surface area contributed by atoms with Gasteiger partial charge in [0.15, 0.2) is 0 Å². The summed E-state index contributed by atoms with van der Waals surface area (Å²) in [6.45, 7) is 3.31. The van der Waals surface area contributed by atoms with E-state index >= 15 is 0 Å². The molecule has 0 aliphatic carbocycles. The first-order valence-corrected chi connectivity index (χ1v) is 9.54. The standard InChI is InChI=1S/C25H22N2O2/c1-19-26-24(29-20(2)28)18-27(19)25(21-12-6-3-7-13-21,22-14-8-4-9-15-22)23-16-10-5-11-17-23/h3-18H,1-2H3. The van der Waals surface area contributed by atoms with Gasteiger partial charge in [0.1, 0.15) is 11.4 Å². The molecular weight excluding hydrogens is 360 g/mol. The quantitative estimate of drug-likeness (QED) is 0.362. The first-order chi connectivity index (χ1) is 14.1. The Kier molecular flexibility index (Phi) is 5.00. The number of carbonyl (C=O) groups is 1. The maximum Gasteiger partial charge on any atom is 0.309 e. The van der Waals surface area contributed by atoms with E-state index in [1.165, 1.54) is 6.92 Å². The van der Waals surface area contributed by atoms with Gasteiger partial charge in [-0.25, -0.2) is 0 Å². The van der Waals surface area contributed by atoms with Crippen LogP contribution < -0.4 is 4.74 Å². The minimum Gasteiger partial charge on any atom is -0.406 e. The number of hydrogen-bond donors (Lipinski definition) is 0. The van der Waals surface area contributed by atoms with E-state index in [-0.39, 0.29) is 5.97 Å². The minimum atomic E-state index is -0.667. The molecule has 0 unspecified atom stereocenters. The summed E-state index contributed by atoms with van der Waals surface area (Å²) in [5, 5.41) is 0. The molecule has 0 saturated carbocycles. The second-order valence-corrected chi connectivity index (χ2v) is 6.90. The first kappa shape index (κ1) is 18.7.